The molecule has 0 radical (unpaired) electrons. The van der Waals surface area contributed by atoms with E-state index in [2.05, 4.69) is 26.2 Å². The molecule has 1 amide bonds. The monoisotopic (exact) mass is 321 g/mol. The van der Waals surface area contributed by atoms with E-state index < -0.39 is 0 Å². The van der Waals surface area contributed by atoms with E-state index in [4.69, 9.17) is 10.5 Å². The molecular formula is C13H12BrN3O2. The normalized spacial score (nSPS) is 9.95. The van der Waals surface area contributed by atoms with Gasteiger partial charge in [-0.15, -0.1) is 0 Å². The number of anilines is 2. The van der Waals surface area contributed by atoms with Crippen LogP contribution in [0.4, 0.5) is 11.5 Å². The molecule has 0 aliphatic heterocycles. The van der Waals surface area contributed by atoms with Gasteiger partial charge in [-0.3, -0.25) is 4.79 Å². The molecule has 19 heavy (non-hydrogen) atoms. The minimum Gasteiger partial charge on any atom is -0.484 e. The van der Waals surface area contributed by atoms with Crippen molar-refractivity contribution in [1.82, 2.24) is 4.98 Å². The SMILES string of the molecule is Nc1cnc(NC(=O)COc2ccccc2)c(Br)c1. The van der Waals surface area contributed by atoms with Crippen LogP contribution in [0.2, 0.25) is 0 Å². The quantitative estimate of drug-likeness (QED) is 0.906. The summed E-state index contributed by atoms with van der Waals surface area (Å²) in [5, 5.41) is 2.63. The molecule has 0 spiro atoms. The van der Waals surface area contributed by atoms with E-state index in [9.17, 15) is 4.79 Å². The van der Waals surface area contributed by atoms with Crippen LogP contribution in [-0.2, 0) is 4.79 Å². The molecule has 0 saturated carbocycles. The Morgan fingerprint density at radius 1 is 1.37 bits per heavy atom. The van der Waals surface area contributed by atoms with Crippen molar-refractivity contribution >= 4 is 33.3 Å². The lowest BCUT2D eigenvalue weighted by atomic mass is 10.3. The Bertz CT molecular complexity index is 575. The minimum absolute atomic E-state index is 0.0808. The molecule has 0 aliphatic carbocycles. The second kappa shape index (κ2) is 6.19. The van der Waals surface area contributed by atoms with Gasteiger partial charge in [-0.25, -0.2) is 4.98 Å². The van der Waals surface area contributed by atoms with Gasteiger partial charge in [-0.1, -0.05) is 18.2 Å². The molecular weight excluding hydrogens is 310 g/mol. The van der Waals surface area contributed by atoms with Gasteiger partial charge in [0.2, 0.25) is 0 Å². The number of aromatic nitrogens is 1. The number of hydrogen-bond acceptors (Lipinski definition) is 4. The highest BCUT2D eigenvalue weighted by Gasteiger charge is 2.07. The average molecular weight is 322 g/mol. The van der Waals surface area contributed by atoms with Gasteiger partial charge in [0.05, 0.1) is 16.4 Å². The standard InChI is InChI=1S/C13H12BrN3O2/c14-11-6-9(15)7-16-13(11)17-12(18)8-19-10-4-2-1-3-5-10/h1-7H,8,15H2,(H,16,17,18). The lowest BCUT2D eigenvalue weighted by Crippen LogP contribution is -2.21. The van der Waals surface area contributed by atoms with Gasteiger partial charge in [-0.05, 0) is 34.1 Å². The zero-order valence-corrected chi connectivity index (χ0v) is 11.6. The van der Waals surface area contributed by atoms with Crippen molar-refractivity contribution in [2.45, 2.75) is 0 Å². The highest BCUT2D eigenvalue weighted by molar-refractivity contribution is 9.10. The van der Waals surface area contributed by atoms with Crippen LogP contribution >= 0.6 is 15.9 Å². The van der Waals surface area contributed by atoms with Crippen molar-refractivity contribution in [3.05, 3.63) is 47.1 Å². The number of para-hydroxylation sites is 1. The van der Waals surface area contributed by atoms with E-state index in [1.807, 2.05) is 18.2 Å². The van der Waals surface area contributed by atoms with Gasteiger partial charge in [0, 0.05) is 0 Å². The van der Waals surface area contributed by atoms with Gasteiger partial charge in [0.1, 0.15) is 11.6 Å². The second-order valence-corrected chi connectivity index (χ2v) is 4.60. The number of hydrogen-bond donors (Lipinski definition) is 2. The van der Waals surface area contributed by atoms with Crippen molar-refractivity contribution in [3.63, 3.8) is 0 Å². The van der Waals surface area contributed by atoms with E-state index in [-0.39, 0.29) is 12.5 Å². The van der Waals surface area contributed by atoms with Crippen LogP contribution < -0.4 is 15.8 Å². The first-order valence-electron chi connectivity index (χ1n) is 5.54. The minimum atomic E-state index is -0.290. The lowest BCUT2D eigenvalue weighted by Gasteiger charge is -2.08. The van der Waals surface area contributed by atoms with Crippen LogP contribution in [0, 0.1) is 0 Å². The van der Waals surface area contributed by atoms with Crippen molar-refractivity contribution in [3.8, 4) is 5.75 Å². The number of carbonyl (C=O) groups excluding carboxylic acids is 1. The van der Waals surface area contributed by atoms with E-state index >= 15 is 0 Å². The molecule has 2 aromatic rings. The number of amides is 1. The number of nitrogens with two attached hydrogens (primary N) is 1. The van der Waals surface area contributed by atoms with E-state index in [0.717, 1.165) is 0 Å². The van der Waals surface area contributed by atoms with Crippen LogP contribution in [0.5, 0.6) is 5.75 Å². The third-order valence-corrected chi connectivity index (χ3v) is 2.84. The van der Waals surface area contributed by atoms with Crippen LogP contribution in [0.15, 0.2) is 47.1 Å². The van der Waals surface area contributed by atoms with Gasteiger partial charge < -0.3 is 15.8 Å². The summed E-state index contributed by atoms with van der Waals surface area (Å²) in [4.78, 5) is 15.7. The van der Waals surface area contributed by atoms with Crippen molar-refractivity contribution in [2.24, 2.45) is 0 Å². The lowest BCUT2D eigenvalue weighted by molar-refractivity contribution is -0.118. The molecule has 1 aromatic carbocycles. The van der Waals surface area contributed by atoms with Crippen LogP contribution in [0.25, 0.3) is 0 Å². The van der Waals surface area contributed by atoms with Gasteiger partial charge in [-0.2, -0.15) is 0 Å². The number of nitrogens with zero attached hydrogens (tertiary/aromatic N) is 1. The Morgan fingerprint density at radius 2 is 2.11 bits per heavy atom. The molecule has 3 N–H and O–H groups in total. The number of carbonyl (C=O) groups is 1. The molecule has 1 aromatic heterocycles. The summed E-state index contributed by atoms with van der Waals surface area (Å²) < 4.78 is 5.95. The highest BCUT2D eigenvalue weighted by atomic mass is 79.9. The number of ether oxygens (including phenoxy) is 1. The van der Waals surface area contributed by atoms with Crippen LogP contribution in [-0.4, -0.2) is 17.5 Å². The molecule has 6 heteroatoms. The van der Waals surface area contributed by atoms with Crippen molar-refractivity contribution in [2.75, 3.05) is 17.7 Å². The fraction of sp³-hybridized carbons (Fsp3) is 0.0769. The van der Waals surface area contributed by atoms with Crippen molar-refractivity contribution in [1.29, 1.82) is 0 Å². The summed E-state index contributed by atoms with van der Waals surface area (Å²) in [7, 11) is 0. The topological polar surface area (TPSA) is 77.2 Å². The number of benzene rings is 1. The predicted octanol–water partition coefficient (Wildman–Crippen LogP) is 2.44. The summed E-state index contributed by atoms with van der Waals surface area (Å²) in [6.45, 7) is -0.0808. The zero-order valence-electron chi connectivity index (χ0n) is 9.97. The maximum atomic E-state index is 11.7. The Hall–Kier alpha value is -2.08. The predicted molar refractivity (Wildman–Crippen MR) is 76.9 cm³/mol. The Morgan fingerprint density at radius 3 is 2.79 bits per heavy atom. The number of pyridine rings is 1. The van der Waals surface area contributed by atoms with E-state index in [1.54, 1.807) is 18.2 Å². The molecule has 0 aliphatic rings. The summed E-state index contributed by atoms with van der Waals surface area (Å²) in [6.07, 6.45) is 1.47. The molecule has 98 valence electrons. The molecule has 0 fully saturated rings. The number of halogens is 1. The molecule has 1 heterocycles. The summed E-state index contributed by atoms with van der Waals surface area (Å²) >= 11 is 3.27. The van der Waals surface area contributed by atoms with Crippen molar-refractivity contribution < 1.29 is 9.53 Å². The van der Waals surface area contributed by atoms with E-state index in [0.29, 0.717) is 21.7 Å². The molecule has 0 unspecified atom stereocenters. The first-order valence-corrected chi connectivity index (χ1v) is 6.33. The summed E-state index contributed by atoms with van der Waals surface area (Å²) in [6, 6.07) is 10.8. The fourth-order valence-corrected chi connectivity index (χ4v) is 1.84. The van der Waals surface area contributed by atoms with Gasteiger partial charge in [0.15, 0.2) is 6.61 Å². The maximum Gasteiger partial charge on any atom is 0.263 e. The first-order chi connectivity index (χ1) is 9.15. The largest absolute Gasteiger partial charge is 0.484 e. The molecule has 2 rings (SSSR count). The smallest absolute Gasteiger partial charge is 0.263 e. The van der Waals surface area contributed by atoms with Crippen LogP contribution in [0.3, 0.4) is 0 Å². The maximum absolute atomic E-state index is 11.7. The third-order valence-electron chi connectivity index (χ3n) is 2.23. The van der Waals surface area contributed by atoms with Gasteiger partial charge in [0.25, 0.3) is 5.91 Å². The third kappa shape index (κ3) is 3.96. The summed E-state index contributed by atoms with van der Waals surface area (Å²) in [5.41, 5.74) is 6.08. The van der Waals surface area contributed by atoms with Gasteiger partial charge >= 0.3 is 0 Å². The Kier molecular flexibility index (Phi) is 4.35. The first kappa shape index (κ1) is 13.4. The Labute approximate surface area is 118 Å². The zero-order chi connectivity index (χ0) is 13.7. The Balaban J connectivity index is 1.91. The fourth-order valence-electron chi connectivity index (χ4n) is 1.38. The number of rotatable bonds is 4. The molecule has 0 bridgehead atoms. The second-order valence-electron chi connectivity index (χ2n) is 3.75. The van der Waals surface area contributed by atoms with Crippen LogP contribution in [0.1, 0.15) is 0 Å². The van der Waals surface area contributed by atoms with E-state index in [1.165, 1.54) is 6.20 Å². The molecule has 0 atom stereocenters. The molecule has 0 saturated heterocycles. The number of nitrogens with one attached hydrogen (secondary N) is 1. The summed E-state index contributed by atoms with van der Waals surface area (Å²) in [5.74, 6) is 0.764. The number of nitrogen functional groups attached to an aromatic ring is 1. The highest BCUT2D eigenvalue weighted by Crippen LogP contribution is 2.21. The average Bonchev–Trinajstić information content (AvgIpc) is 2.41. The molecule has 5 nitrogen and oxygen atoms in total.